The number of aromatic nitrogens is 2. The summed E-state index contributed by atoms with van der Waals surface area (Å²) in [5, 5.41) is 0.762. The predicted molar refractivity (Wildman–Crippen MR) is 102 cm³/mol. The molecule has 4 nitrogen and oxygen atoms in total. The summed E-state index contributed by atoms with van der Waals surface area (Å²) in [6.45, 7) is 0.732. The highest BCUT2D eigenvalue weighted by Gasteiger charge is 2.19. The molecule has 0 aliphatic carbocycles. The molecule has 2 aromatic carbocycles. The number of para-hydroxylation sites is 1. The van der Waals surface area contributed by atoms with E-state index in [0.717, 1.165) is 38.0 Å². The van der Waals surface area contributed by atoms with Crippen LogP contribution in [0.1, 0.15) is 19.3 Å². The number of ether oxygens (including phenoxy) is 1. The Labute approximate surface area is 159 Å². The van der Waals surface area contributed by atoms with Crippen molar-refractivity contribution in [2.45, 2.75) is 30.5 Å². The molecule has 0 unspecified atom stereocenters. The van der Waals surface area contributed by atoms with Gasteiger partial charge in [0.1, 0.15) is 11.6 Å². The lowest BCUT2D eigenvalue weighted by Gasteiger charge is -2.22. The summed E-state index contributed by atoms with van der Waals surface area (Å²) in [5.74, 6) is -0.874. The van der Waals surface area contributed by atoms with Crippen molar-refractivity contribution in [3.63, 3.8) is 0 Å². The minimum atomic E-state index is -0.801. The van der Waals surface area contributed by atoms with E-state index in [9.17, 15) is 13.6 Å². The number of hydrogen-bond acceptors (Lipinski definition) is 4. The van der Waals surface area contributed by atoms with Crippen molar-refractivity contribution >= 4 is 22.7 Å². The second-order valence-electron chi connectivity index (χ2n) is 6.45. The van der Waals surface area contributed by atoms with Crippen molar-refractivity contribution in [1.82, 2.24) is 9.55 Å². The second kappa shape index (κ2) is 7.78. The van der Waals surface area contributed by atoms with Crippen LogP contribution < -0.4 is 5.56 Å². The third kappa shape index (κ3) is 3.75. The fourth-order valence-corrected chi connectivity index (χ4v) is 4.26. The number of thioether (sulfide) groups is 1. The van der Waals surface area contributed by atoms with Crippen molar-refractivity contribution in [3.05, 3.63) is 64.5 Å². The van der Waals surface area contributed by atoms with E-state index in [0.29, 0.717) is 21.8 Å². The van der Waals surface area contributed by atoms with Crippen LogP contribution in [0.4, 0.5) is 8.78 Å². The molecule has 3 aromatic rings. The van der Waals surface area contributed by atoms with Gasteiger partial charge in [-0.25, -0.2) is 13.8 Å². The highest BCUT2D eigenvalue weighted by Crippen LogP contribution is 2.26. The van der Waals surface area contributed by atoms with Gasteiger partial charge in [0.05, 0.1) is 22.7 Å². The third-order valence-electron chi connectivity index (χ3n) is 4.57. The molecule has 4 rings (SSSR count). The van der Waals surface area contributed by atoms with Gasteiger partial charge in [-0.15, -0.1) is 0 Å². The lowest BCUT2D eigenvalue weighted by molar-refractivity contribution is 0.0315. The van der Waals surface area contributed by atoms with E-state index in [1.165, 1.54) is 22.4 Å². The average molecular weight is 388 g/mol. The highest BCUT2D eigenvalue weighted by atomic mass is 32.2. The first-order valence-electron chi connectivity index (χ1n) is 8.85. The van der Waals surface area contributed by atoms with Crippen molar-refractivity contribution in [1.29, 1.82) is 0 Å². The van der Waals surface area contributed by atoms with E-state index in [-0.39, 0.29) is 17.4 Å². The summed E-state index contributed by atoms with van der Waals surface area (Å²) >= 11 is 1.36. The quantitative estimate of drug-likeness (QED) is 0.493. The zero-order valence-corrected chi connectivity index (χ0v) is 15.3. The van der Waals surface area contributed by atoms with Crippen molar-refractivity contribution in [3.8, 4) is 5.69 Å². The minimum absolute atomic E-state index is 0.00767. The summed E-state index contributed by atoms with van der Waals surface area (Å²) in [7, 11) is 0. The first-order chi connectivity index (χ1) is 13.1. The first-order valence-corrected chi connectivity index (χ1v) is 9.83. The summed E-state index contributed by atoms with van der Waals surface area (Å²) in [6.07, 6.45) is 3.20. The maximum absolute atomic E-state index is 14.4. The van der Waals surface area contributed by atoms with Gasteiger partial charge in [0.2, 0.25) is 0 Å². The summed E-state index contributed by atoms with van der Waals surface area (Å²) in [5.41, 5.74) is 0.165. The van der Waals surface area contributed by atoms with Gasteiger partial charge in [-0.05, 0) is 43.5 Å². The van der Waals surface area contributed by atoms with E-state index in [1.54, 1.807) is 24.3 Å². The van der Waals surface area contributed by atoms with Crippen LogP contribution in [-0.4, -0.2) is 28.0 Å². The van der Waals surface area contributed by atoms with Crippen LogP contribution in [0.5, 0.6) is 0 Å². The average Bonchev–Trinajstić information content (AvgIpc) is 2.68. The third-order valence-corrected chi connectivity index (χ3v) is 5.64. The zero-order chi connectivity index (χ0) is 18.8. The van der Waals surface area contributed by atoms with Crippen LogP contribution in [0.15, 0.2) is 52.4 Å². The van der Waals surface area contributed by atoms with Crippen molar-refractivity contribution in [2.75, 3.05) is 12.4 Å². The molecule has 0 spiro atoms. The maximum atomic E-state index is 14.4. The monoisotopic (exact) mass is 388 g/mol. The highest BCUT2D eigenvalue weighted by molar-refractivity contribution is 7.99. The molecule has 0 bridgehead atoms. The van der Waals surface area contributed by atoms with Gasteiger partial charge in [0, 0.05) is 18.4 Å². The Morgan fingerprint density at radius 2 is 2.04 bits per heavy atom. The standard InChI is InChI=1S/C20H18F2N2O2S/c21-13-8-9-18(16(22)11-13)24-19(25)15-6-1-2-7-17(15)23-20(24)27-12-14-5-3-4-10-26-14/h1-2,6-9,11,14H,3-5,10,12H2/t14-/m1/s1. The molecule has 7 heteroatoms. The molecule has 0 N–H and O–H groups in total. The lowest BCUT2D eigenvalue weighted by Crippen LogP contribution is -2.25. The van der Waals surface area contributed by atoms with E-state index in [1.807, 2.05) is 0 Å². The summed E-state index contributed by atoms with van der Waals surface area (Å²) < 4.78 is 34.7. The molecule has 1 aliphatic rings. The zero-order valence-electron chi connectivity index (χ0n) is 14.5. The second-order valence-corrected chi connectivity index (χ2v) is 7.43. The number of hydrogen-bond donors (Lipinski definition) is 0. The number of nitrogens with zero attached hydrogens (tertiary/aromatic N) is 2. The van der Waals surface area contributed by atoms with E-state index < -0.39 is 11.6 Å². The SMILES string of the molecule is O=c1c2ccccc2nc(SC[C@H]2CCCCO2)n1-c1ccc(F)cc1F. The topological polar surface area (TPSA) is 44.1 Å². The van der Waals surface area contributed by atoms with Crippen molar-refractivity contribution < 1.29 is 13.5 Å². The van der Waals surface area contributed by atoms with Gasteiger partial charge in [-0.2, -0.15) is 0 Å². The first kappa shape index (κ1) is 18.1. The largest absolute Gasteiger partial charge is 0.377 e. The van der Waals surface area contributed by atoms with Crippen LogP contribution >= 0.6 is 11.8 Å². The molecule has 27 heavy (non-hydrogen) atoms. The summed E-state index contributed by atoms with van der Waals surface area (Å²) in [4.78, 5) is 17.6. The molecule has 1 saturated heterocycles. The predicted octanol–water partition coefficient (Wildman–Crippen LogP) is 4.33. The normalized spacial score (nSPS) is 17.3. The fraction of sp³-hybridized carbons (Fsp3) is 0.300. The maximum Gasteiger partial charge on any atom is 0.266 e. The molecular weight excluding hydrogens is 370 g/mol. The number of fused-ring (bicyclic) bond motifs is 1. The summed E-state index contributed by atoms with van der Waals surface area (Å²) in [6, 6.07) is 10.1. The Morgan fingerprint density at radius 1 is 1.19 bits per heavy atom. The number of rotatable bonds is 4. The number of halogens is 2. The Kier molecular flexibility index (Phi) is 5.22. The van der Waals surface area contributed by atoms with E-state index in [2.05, 4.69) is 4.98 Å². The van der Waals surface area contributed by atoms with Crippen LogP contribution in [0.2, 0.25) is 0 Å². The van der Waals surface area contributed by atoms with Crippen LogP contribution in [0.25, 0.3) is 16.6 Å². The van der Waals surface area contributed by atoms with Gasteiger partial charge in [-0.3, -0.25) is 9.36 Å². The van der Waals surface area contributed by atoms with Crippen LogP contribution in [0, 0.1) is 11.6 Å². The molecule has 0 radical (unpaired) electrons. The molecule has 1 atom stereocenters. The fourth-order valence-electron chi connectivity index (χ4n) is 3.19. The molecule has 0 saturated carbocycles. The van der Waals surface area contributed by atoms with Gasteiger partial charge < -0.3 is 4.74 Å². The minimum Gasteiger partial charge on any atom is -0.377 e. The Balaban J connectivity index is 1.81. The van der Waals surface area contributed by atoms with Gasteiger partial charge >= 0.3 is 0 Å². The number of benzene rings is 2. The van der Waals surface area contributed by atoms with Gasteiger partial charge in [0.15, 0.2) is 5.16 Å². The smallest absolute Gasteiger partial charge is 0.266 e. The molecule has 1 fully saturated rings. The molecule has 0 amide bonds. The molecule has 2 heterocycles. The van der Waals surface area contributed by atoms with E-state index >= 15 is 0 Å². The van der Waals surface area contributed by atoms with Gasteiger partial charge in [-0.1, -0.05) is 23.9 Å². The molecule has 1 aromatic heterocycles. The van der Waals surface area contributed by atoms with Crippen LogP contribution in [0.3, 0.4) is 0 Å². The van der Waals surface area contributed by atoms with Crippen molar-refractivity contribution in [2.24, 2.45) is 0 Å². The molecule has 140 valence electrons. The molecular formula is C20H18F2N2O2S. The van der Waals surface area contributed by atoms with Crippen LogP contribution in [-0.2, 0) is 4.74 Å². The molecule has 1 aliphatic heterocycles. The Hall–Kier alpha value is -2.25. The lowest BCUT2D eigenvalue weighted by atomic mass is 10.1. The van der Waals surface area contributed by atoms with E-state index in [4.69, 9.17) is 4.74 Å². The van der Waals surface area contributed by atoms with Gasteiger partial charge in [0.25, 0.3) is 5.56 Å². The Bertz CT molecular complexity index is 1030. The Morgan fingerprint density at radius 3 is 2.81 bits per heavy atom.